The van der Waals surface area contributed by atoms with Gasteiger partial charge in [0.2, 0.25) is 0 Å². The molecule has 0 aromatic carbocycles. The number of likely N-dealkylation sites (tertiary alicyclic amines) is 1. The molecule has 110 valence electrons. The molecule has 2 aliphatic rings. The molecule has 0 radical (unpaired) electrons. The second-order valence-electron chi connectivity index (χ2n) is 5.43. The van der Waals surface area contributed by atoms with Crippen molar-refractivity contribution in [1.82, 2.24) is 14.7 Å². The van der Waals surface area contributed by atoms with Crippen LogP contribution in [-0.2, 0) is 11.8 Å². The summed E-state index contributed by atoms with van der Waals surface area (Å²) in [5.41, 5.74) is 1.58. The molecular weight excluding hydrogens is 268 g/mol. The number of hydrogen-bond donors (Lipinski definition) is 0. The summed E-state index contributed by atoms with van der Waals surface area (Å²) in [4.78, 5) is 14.0. The topological polar surface area (TPSA) is 47.4 Å². The molecule has 20 heavy (non-hydrogen) atoms. The van der Waals surface area contributed by atoms with Crippen molar-refractivity contribution in [3.8, 4) is 0 Å². The smallest absolute Gasteiger partial charge is 0.332 e. The van der Waals surface area contributed by atoms with Crippen molar-refractivity contribution in [3.63, 3.8) is 0 Å². The van der Waals surface area contributed by atoms with Crippen LogP contribution in [0.25, 0.3) is 0 Å². The average Bonchev–Trinajstić information content (AvgIpc) is 2.62. The van der Waals surface area contributed by atoms with Gasteiger partial charge >= 0.3 is 6.61 Å². The summed E-state index contributed by atoms with van der Waals surface area (Å²) < 4.78 is 30.1. The van der Waals surface area contributed by atoms with Crippen molar-refractivity contribution in [2.45, 2.75) is 37.9 Å². The van der Waals surface area contributed by atoms with E-state index >= 15 is 0 Å². The lowest BCUT2D eigenvalue weighted by Crippen LogP contribution is -2.55. The number of carbonyl (C=O) groups is 1. The maximum atomic E-state index is 12.4. The van der Waals surface area contributed by atoms with Crippen LogP contribution in [0.4, 0.5) is 8.78 Å². The predicted molar refractivity (Wildman–Crippen MR) is 66.6 cm³/mol. The van der Waals surface area contributed by atoms with Crippen molar-refractivity contribution in [2.75, 3.05) is 13.1 Å². The molecule has 0 bridgehead atoms. The molecule has 0 spiro atoms. The fourth-order valence-electron chi connectivity index (χ4n) is 2.72. The second-order valence-corrected chi connectivity index (χ2v) is 5.43. The minimum Gasteiger partial charge on any atom is -0.332 e. The summed E-state index contributed by atoms with van der Waals surface area (Å²) in [6.45, 7) is -2.34. The highest BCUT2D eigenvalue weighted by Crippen LogP contribution is 2.38. The standard InChI is InChI=1S/C13H17F2N3O2/c1-17-11(10(5-16-17)8-3-2-4-8)12(19)18-6-9(7-18)20-13(14)15/h5,8-9,13H,2-4,6-7H2,1H3. The van der Waals surface area contributed by atoms with E-state index in [4.69, 9.17) is 0 Å². The number of nitrogens with zero attached hydrogens (tertiary/aromatic N) is 3. The first-order valence-electron chi connectivity index (χ1n) is 6.81. The van der Waals surface area contributed by atoms with E-state index in [0.717, 1.165) is 18.4 Å². The van der Waals surface area contributed by atoms with Gasteiger partial charge in [-0.1, -0.05) is 6.42 Å². The summed E-state index contributed by atoms with van der Waals surface area (Å²) in [5.74, 6) is 0.276. The molecule has 5 nitrogen and oxygen atoms in total. The molecule has 2 fully saturated rings. The zero-order chi connectivity index (χ0) is 14.3. The van der Waals surface area contributed by atoms with E-state index in [2.05, 4.69) is 9.84 Å². The minimum atomic E-state index is -2.78. The molecular formula is C13H17F2N3O2. The van der Waals surface area contributed by atoms with Crippen LogP contribution in [0.3, 0.4) is 0 Å². The van der Waals surface area contributed by atoms with Gasteiger partial charge < -0.3 is 9.64 Å². The number of aryl methyl sites for hydroxylation is 1. The van der Waals surface area contributed by atoms with Crippen molar-refractivity contribution in [1.29, 1.82) is 0 Å². The van der Waals surface area contributed by atoms with Crippen LogP contribution in [-0.4, -0.2) is 46.4 Å². The molecule has 2 heterocycles. The number of rotatable bonds is 4. The largest absolute Gasteiger partial charge is 0.345 e. The van der Waals surface area contributed by atoms with E-state index in [1.165, 1.54) is 11.3 Å². The maximum Gasteiger partial charge on any atom is 0.345 e. The second kappa shape index (κ2) is 5.12. The molecule has 0 atom stereocenters. The van der Waals surface area contributed by atoms with Crippen LogP contribution >= 0.6 is 0 Å². The first-order chi connectivity index (χ1) is 9.56. The lowest BCUT2D eigenvalue weighted by molar-refractivity contribution is -0.189. The van der Waals surface area contributed by atoms with Crippen molar-refractivity contribution < 1.29 is 18.3 Å². The molecule has 1 aliphatic heterocycles. The molecule has 1 aromatic rings. The van der Waals surface area contributed by atoms with Gasteiger partial charge in [0.25, 0.3) is 5.91 Å². The summed E-state index contributed by atoms with van der Waals surface area (Å²) >= 11 is 0. The Balaban J connectivity index is 1.68. The van der Waals surface area contributed by atoms with Crippen LogP contribution in [0.2, 0.25) is 0 Å². The fourth-order valence-corrected chi connectivity index (χ4v) is 2.72. The van der Waals surface area contributed by atoms with Crippen LogP contribution in [0.5, 0.6) is 0 Å². The van der Waals surface area contributed by atoms with Crippen LogP contribution in [0, 0.1) is 0 Å². The molecule has 1 saturated carbocycles. The van der Waals surface area contributed by atoms with E-state index in [0.29, 0.717) is 11.6 Å². The number of ether oxygens (including phenoxy) is 1. The van der Waals surface area contributed by atoms with Crippen molar-refractivity contribution in [3.05, 3.63) is 17.5 Å². The Morgan fingerprint density at radius 2 is 2.15 bits per heavy atom. The van der Waals surface area contributed by atoms with E-state index < -0.39 is 12.7 Å². The molecule has 0 N–H and O–H groups in total. The van der Waals surface area contributed by atoms with Gasteiger partial charge in [0.15, 0.2) is 0 Å². The maximum absolute atomic E-state index is 12.4. The lowest BCUT2D eigenvalue weighted by Gasteiger charge is -2.39. The number of aromatic nitrogens is 2. The van der Waals surface area contributed by atoms with Crippen LogP contribution in [0.15, 0.2) is 6.20 Å². The van der Waals surface area contributed by atoms with Gasteiger partial charge in [-0.15, -0.1) is 0 Å². The number of amides is 1. The summed E-state index contributed by atoms with van der Waals surface area (Å²) in [6, 6.07) is 0. The molecule has 1 aromatic heterocycles. The number of hydrogen-bond acceptors (Lipinski definition) is 3. The Bertz CT molecular complexity index is 508. The average molecular weight is 285 g/mol. The minimum absolute atomic E-state index is 0.138. The molecule has 3 rings (SSSR count). The monoisotopic (exact) mass is 285 g/mol. The summed E-state index contributed by atoms with van der Waals surface area (Å²) in [5, 5.41) is 4.17. The van der Waals surface area contributed by atoms with Gasteiger partial charge in [-0.3, -0.25) is 9.48 Å². The Hall–Kier alpha value is -1.50. The Morgan fingerprint density at radius 1 is 1.45 bits per heavy atom. The normalized spacial score (nSPS) is 20.1. The molecule has 7 heteroatoms. The quantitative estimate of drug-likeness (QED) is 0.846. The molecule has 1 aliphatic carbocycles. The predicted octanol–water partition coefficient (Wildman–Crippen LogP) is 1.75. The Kier molecular flexibility index (Phi) is 3.45. The highest BCUT2D eigenvalue weighted by Gasteiger charge is 2.37. The Labute approximate surface area is 115 Å². The third-order valence-electron chi connectivity index (χ3n) is 4.15. The zero-order valence-corrected chi connectivity index (χ0v) is 11.3. The van der Waals surface area contributed by atoms with E-state index in [9.17, 15) is 13.6 Å². The van der Waals surface area contributed by atoms with Gasteiger partial charge in [-0.05, 0) is 18.8 Å². The number of alkyl halides is 2. The van der Waals surface area contributed by atoms with E-state index in [-0.39, 0.29) is 19.0 Å². The van der Waals surface area contributed by atoms with Gasteiger partial charge in [0, 0.05) is 25.7 Å². The van der Waals surface area contributed by atoms with Gasteiger partial charge in [0.1, 0.15) is 5.69 Å². The third-order valence-corrected chi connectivity index (χ3v) is 4.15. The highest BCUT2D eigenvalue weighted by atomic mass is 19.3. The first kappa shape index (κ1) is 13.5. The first-order valence-corrected chi connectivity index (χ1v) is 6.81. The van der Waals surface area contributed by atoms with Gasteiger partial charge in [-0.2, -0.15) is 13.9 Å². The molecule has 1 amide bonds. The fraction of sp³-hybridized carbons (Fsp3) is 0.692. The lowest BCUT2D eigenvalue weighted by atomic mass is 9.80. The zero-order valence-electron chi connectivity index (χ0n) is 11.3. The van der Waals surface area contributed by atoms with Gasteiger partial charge in [0.05, 0.1) is 12.3 Å². The van der Waals surface area contributed by atoms with Gasteiger partial charge in [-0.25, -0.2) is 0 Å². The highest BCUT2D eigenvalue weighted by molar-refractivity contribution is 5.94. The van der Waals surface area contributed by atoms with E-state index in [1.807, 2.05) is 0 Å². The number of carbonyl (C=O) groups excluding carboxylic acids is 1. The van der Waals surface area contributed by atoms with E-state index in [1.54, 1.807) is 17.9 Å². The summed E-state index contributed by atoms with van der Waals surface area (Å²) in [6.07, 6.45) is 4.55. The Morgan fingerprint density at radius 3 is 2.70 bits per heavy atom. The molecule has 0 unspecified atom stereocenters. The molecule has 1 saturated heterocycles. The number of halogens is 2. The van der Waals surface area contributed by atoms with Crippen LogP contribution < -0.4 is 0 Å². The summed E-state index contributed by atoms with van der Waals surface area (Å²) in [7, 11) is 1.74. The SMILES string of the molecule is Cn1ncc(C2CCC2)c1C(=O)N1CC(OC(F)F)C1. The van der Waals surface area contributed by atoms with Crippen LogP contribution in [0.1, 0.15) is 41.2 Å². The van der Waals surface area contributed by atoms with Crippen molar-refractivity contribution >= 4 is 5.91 Å². The van der Waals surface area contributed by atoms with Crippen molar-refractivity contribution in [2.24, 2.45) is 7.05 Å². The third kappa shape index (κ3) is 2.30.